The number of carbonyl (C=O) groups excluding carboxylic acids is 2. The molecule has 0 aliphatic heterocycles. The van der Waals surface area contributed by atoms with Crippen LogP contribution in [0.15, 0.2) is 30.3 Å². The topological polar surface area (TPSA) is 81.4 Å². The standard InChI is InChI=1S/C13H18N2O3/c1-2-18-9-12(16)15-11(13(14)17)8-10-6-4-3-5-7-10/h3-7,11H,2,8-9H2,1H3,(H2,14,17)(H,15,16)/t11-/m0/s1. The highest BCUT2D eigenvalue weighted by Gasteiger charge is 2.18. The number of ether oxygens (including phenoxy) is 1. The van der Waals surface area contributed by atoms with Crippen molar-refractivity contribution in [2.24, 2.45) is 5.73 Å². The summed E-state index contributed by atoms with van der Waals surface area (Å²) in [5.41, 5.74) is 6.21. The van der Waals surface area contributed by atoms with Crippen molar-refractivity contribution >= 4 is 11.8 Å². The first-order valence-corrected chi connectivity index (χ1v) is 5.83. The Morgan fingerprint density at radius 1 is 1.33 bits per heavy atom. The van der Waals surface area contributed by atoms with Crippen LogP contribution in [-0.2, 0) is 20.7 Å². The minimum Gasteiger partial charge on any atom is -0.372 e. The van der Waals surface area contributed by atoms with Gasteiger partial charge >= 0.3 is 0 Å². The van der Waals surface area contributed by atoms with Crippen LogP contribution in [0.3, 0.4) is 0 Å². The van der Waals surface area contributed by atoms with Crippen LogP contribution in [-0.4, -0.2) is 31.1 Å². The summed E-state index contributed by atoms with van der Waals surface area (Å²) in [6, 6.07) is 8.68. The summed E-state index contributed by atoms with van der Waals surface area (Å²) in [5, 5.41) is 2.56. The molecule has 0 aliphatic rings. The smallest absolute Gasteiger partial charge is 0.246 e. The van der Waals surface area contributed by atoms with Gasteiger partial charge in [0, 0.05) is 13.0 Å². The predicted octanol–water partition coefficient (Wildman–Crippen LogP) is 0.236. The lowest BCUT2D eigenvalue weighted by Crippen LogP contribution is -2.47. The second-order valence-corrected chi connectivity index (χ2v) is 3.85. The largest absolute Gasteiger partial charge is 0.372 e. The van der Waals surface area contributed by atoms with Gasteiger partial charge in [0.05, 0.1) is 0 Å². The van der Waals surface area contributed by atoms with E-state index in [0.717, 1.165) is 5.56 Å². The molecule has 5 heteroatoms. The van der Waals surface area contributed by atoms with Gasteiger partial charge < -0.3 is 15.8 Å². The first-order valence-electron chi connectivity index (χ1n) is 5.83. The molecule has 0 radical (unpaired) electrons. The highest BCUT2D eigenvalue weighted by Crippen LogP contribution is 2.03. The number of hydrogen-bond acceptors (Lipinski definition) is 3. The second-order valence-electron chi connectivity index (χ2n) is 3.85. The minimum atomic E-state index is -0.708. The van der Waals surface area contributed by atoms with Gasteiger partial charge in [-0.05, 0) is 12.5 Å². The van der Waals surface area contributed by atoms with Gasteiger partial charge in [0.15, 0.2) is 0 Å². The number of benzene rings is 1. The Morgan fingerprint density at radius 3 is 2.56 bits per heavy atom. The lowest BCUT2D eigenvalue weighted by atomic mass is 10.1. The van der Waals surface area contributed by atoms with E-state index in [1.54, 1.807) is 6.92 Å². The summed E-state index contributed by atoms with van der Waals surface area (Å²) in [6.07, 6.45) is 0.383. The molecule has 98 valence electrons. The Morgan fingerprint density at radius 2 is 2.00 bits per heavy atom. The van der Waals surface area contributed by atoms with Gasteiger partial charge in [-0.2, -0.15) is 0 Å². The maximum absolute atomic E-state index is 11.5. The number of primary amides is 1. The SMILES string of the molecule is CCOCC(=O)N[C@@H](Cc1ccccc1)C(N)=O. The fraction of sp³-hybridized carbons (Fsp3) is 0.385. The zero-order chi connectivity index (χ0) is 13.4. The van der Waals surface area contributed by atoms with Crippen LogP contribution in [0.5, 0.6) is 0 Å². The Kier molecular flexibility index (Phi) is 5.87. The molecule has 0 saturated heterocycles. The number of nitrogens with two attached hydrogens (primary N) is 1. The lowest BCUT2D eigenvalue weighted by molar-refractivity contribution is -0.130. The first kappa shape index (κ1) is 14.2. The lowest BCUT2D eigenvalue weighted by Gasteiger charge is -2.15. The summed E-state index contributed by atoms with van der Waals surface area (Å²) >= 11 is 0. The van der Waals surface area contributed by atoms with Gasteiger partial charge in [-0.15, -0.1) is 0 Å². The fourth-order valence-electron chi connectivity index (χ4n) is 1.50. The van der Waals surface area contributed by atoms with Gasteiger partial charge in [-0.25, -0.2) is 0 Å². The molecular formula is C13H18N2O3. The number of amides is 2. The monoisotopic (exact) mass is 250 g/mol. The van der Waals surface area contributed by atoms with E-state index in [2.05, 4.69) is 5.32 Å². The molecule has 0 unspecified atom stereocenters. The molecule has 5 nitrogen and oxygen atoms in total. The summed E-state index contributed by atoms with van der Waals surface area (Å²) in [7, 11) is 0. The minimum absolute atomic E-state index is 0.0604. The number of nitrogens with one attached hydrogen (secondary N) is 1. The van der Waals surface area contributed by atoms with Crippen molar-refractivity contribution in [1.82, 2.24) is 5.32 Å². The Labute approximate surface area is 106 Å². The molecule has 0 saturated carbocycles. The third kappa shape index (κ3) is 4.97. The number of carbonyl (C=O) groups is 2. The molecule has 1 aromatic carbocycles. The number of hydrogen-bond donors (Lipinski definition) is 2. The van der Waals surface area contributed by atoms with E-state index in [9.17, 15) is 9.59 Å². The van der Waals surface area contributed by atoms with Gasteiger partial charge in [-0.3, -0.25) is 9.59 Å². The molecule has 0 aliphatic carbocycles. The van der Waals surface area contributed by atoms with Crippen molar-refractivity contribution in [3.05, 3.63) is 35.9 Å². The van der Waals surface area contributed by atoms with E-state index in [4.69, 9.17) is 10.5 Å². The molecule has 2 amide bonds. The van der Waals surface area contributed by atoms with Crippen LogP contribution in [0.25, 0.3) is 0 Å². The van der Waals surface area contributed by atoms with Crippen molar-refractivity contribution in [2.75, 3.05) is 13.2 Å². The highest BCUT2D eigenvalue weighted by atomic mass is 16.5. The first-order chi connectivity index (χ1) is 8.63. The maximum Gasteiger partial charge on any atom is 0.246 e. The van der Waals surface area contributed by atoms with E-state index in [-0.39, 0.29) is 12.5 Å². The molecule has 0 aromatic heterocycles. The van der Waals surface area contributed by atoms with E-state index in [1.165, 1.54) is 0 Å². The third-order valence-corrected chi connectivity index (χ3v) is 2.40. The molecule has 0 heterocycles. The van der Waals surface area contributed by atoms with Crippen molar-refractivity contribution in [2.45, 2.75) is 19.4 Å². The molecule has 0 fully saturated rings. The summed E-state index contributed by atoms with van der Waals surface area (Å²) in [6.45, 7) is 2.19. The van der Waals surface area contributed by atoms with Crippen LogP contribution in [0, 0.1) is 0 Å². The average Bonchev–Trinajstić information content (AvgIpc) is 2.36. The van der Waals surface area contributed by atoms with Crippen molar-refractivity contribution in [3.8, 4) is 0 Å². The summed E-state index contributed by atoms with van der Waals surface area (Å²) < 4.78 is 4.96. The van der Waals surface area contributed by atoms with Gasteiger partial charge in [0.1, 0.15) is 12.6 Å². The maximum atomic E-state index is 11.5. The zero-order valence-corrected chi connectivity index (χ0v) is 10.4. The molecule has 0 spiro atoms. The molecule has 18 heavy (non-hydrogen) atoms. The van der Waals surface area contributed by atoms with Crippen LogP contribution < -0.4 is 11.1 Å². The van der Waals surface area contributed by atoms with Crippen LogP contribution >= 0.6 is 0 Å². The van der Waals surface area contributed by atoms with Crippen LogP contribution in [0.1, 0.15) is 12.5 Å². The normalized spacial score (nSPS) is 11.8. The van der Waals surface area contributed by atoms with E-state index >= 15 is 0 Å². The number of rotatable bonds is 7. The molecule has 1 atom stereocenters. The second kappa shape index (κ2) is 7.45. The zero-order valence-electron chi connectivity index (χ0n) is 10.4. The quantitative estimate of drug-likeness (QED) is 0.727. The van der Waals surface area contributed by atoms with Gasteiger partial charge in [-0.1, -0.05) is 30.3 Å². The molecule has 1 aromatic rings. The van der Waals surface area contributed by atoms with Crippen LogP contribution in [0.4, 0.5) is 0 Å². The Hall–Kier alpha value is -1.88. The Bertz CT molecular complexity index is 392. The molecular weight excluding hydrogens is 232 g/mol. The Balaban J connectivity index is 2.55. The summed E-state index contributed by atoms with van der Waals surface area (Å²) in [5.74, 6) is -0.889. The third-order valence-electron chi connectivity index (χ3n) is 2.40. The van der Waals surface area contributed by atoms with Gasteiger partial charge in [0.2, 0.25) is 11.8 Å². The highest BCUT2D eigenvalue weighted by molar-refractivity contribution is 5.87. The molecule has 3 N–H and O–H groups in total. The van der Waals surface area contributed by atoms with E-state index in [1.807, 2.05) is 30.3 Å². The van der Waals surface area contributed by atoms with Crippen molar-refractivity contribution in [1.29, 1.82) is 0 Å². The fourth-order valence-corrected chi connectivity index (χ4v) is 1.50. The van der Waals surface area contributed by atoms with Crippen LogP contribution in [0.2, 0.25) is 0 Å². The van der Waals surface area contributed by atoms with E-state index < -0.39 is 11.9 Å². The average molecular weight is 250 g/mol. The summed E-state index contributed by atoms with van der Waals surface area (Å²) in [4.78, 5) is 22.7. The predicted molar refractivity (Wildman–Crippen MR) is 67.8 cm³/mol. The van der Waals surface area contributed by atoms with Crippen molar-refractivity contribution in [3.63, 3.8) is 0 Å². The molecule has 0 bridgehead atoms. The van der Waals surface area contributed by atoms with Crippen molar-refractivity contribution < 1.29 is 14.3 Å². The molecule has 1 rings (SSSR count). The van der Waals surface area contributed by atoms with Gasteiger partial charge in [0.25, 0.3) is 0 Å². The van der Waals surface area contributed by atoms with E-state index in [0.29, 0.717) is 13.0 Å².